The highest BCUT2D eigenvalue weighted by Gasteiger charge is 2.15. The third-order valence-corrected chi connectivity index (χ3v) is 6.05. The molecule has 0 unspecified atom stereocenters. The van der Waals surface area contributed by atoms with Gasteiger partial charge in [-0.05, 0) is 55.3 Å². The molecule has 32 heavy (non-hydrogen) atoms. The highest BCUT2D eigenvalue weighted by atomic mass is 32.1. The molecule has 1 fully saturated rings. The molecule has 0 aliphatic carbocycles. The van der Waals surface area contributed by atoms with Crippen LogP contribution in [-0.4, -0.2) is 47.1 Å². The molecule has 0 spiro atoms. The van der Waals surface area contributed by atoms with E-state index >= 15 is 0 Å². The third-order valence-electron chi connectivity index (χ3n) is 5.22. The van der Waals surface area contributed by atoms with E-state index in [0.717, 1.165) is 71.1 Å². The van der Waals surface area contributed by atoms with Gasteiger partial charge in [-0.3, -0.25) is 9.69 Å². The monoisotopic (exact) mass is 449 g/mol. The molecule has 8 heteroatoms. The Morgan fingerprint density at radius 2 is 2.06 bits per heavy atom. The van der Waals surface area contributed by atoms with E-state index in [9.17, 15) is 4.79 Å². The van der Waals surface area contributed by atoms with Crippen LogP contribution < -0.4 is 10.6 Å². The first-order chi connectivity index (χ1) is 15.5. The Morgan fingerprint density at radius 3 is 2.78 bits per heavy atom. The van der Waals surface area contributed by atoms with Gasteiger partial charge in [0.05, 0.1) is 18.9 Å². The van der Waals surface area contributed by atoms with Crippen molar-refractivity contribution in [2.24, 2.45) is 0 Å². The lowest BCUT2D eigenvalue weighted by molar-refractivity contribution is -0.111. The summed E-state index contributed by atoms with van der Waals surface area (Å²) in [7, 11) is 0. The number of thiazole rings is 1. The van der Waals surface area contributed by atoms with E-state index in [0.29, 0.717) is 5.69 Å². The van der Waals surface area contributed by atoms with Crippen LogP contribution in [0.1, 0.15) is 16.0 Å². The van der Waals surface area contributed by atoms with E-state index in [2.05, 4.69) is 39.2 Å². The average molecular weight is 450 g/mol. The molecule has 1 amide bonds. The van der Waals surface area contributed by atoms with Crippen molar-refractivity contribution < 1.29 is 9.53 Å². The minimum atomic E-state index is -0.240. The fourth-order valence-corrected chi connectivity index (χ4v) is 4.26. The number of anilines is 3. The summed E-state index contributed by atoms with van der Waals surface area (Å²) >= 11 is 1.59. The van der Waals surface area contributed by atoms with Crippen molar-refractivity contribution in [3.63, 3.8) is 0 Å². The summed E-state index contributed by atoms with van der Waals surface area (Å²) < 4.78 is 5.49. The van der Waals surface area contributed by atoms with Gasteiger partial charge in [0.2, 0.25) is 5.91 Å². The van der Waals surface area contributed by atoms with E-state index in [1.54, 1.807) is 11.3 Å². The van der Waals surface area contributed by atoms with Crippen molar-refractivity contribution in [2.75, 3.05) is 36.9 Å². The first kappa shape index (κ1) is 22.1. The molecule has 166 valence electrons. The van der Waals surface area contributed by atoms with Crippen LogP contribution in [0.25, 0.3) is 11.3 Å². The molecule has 0 atom stereocenters. The highest BCUT2D eigenvalue weighted by molar-refractivity contribution is 7.15. The normalized spacial score (nSPS) is 14.2. The number of hydrogen-bond donors (Lipinski definition) is 2. The van der Waals surface area contributed by atoms with Crippen molar-refractivity contribution in [1.82, 2.24) is 14.9 Å². The van der Waals surface area contributed by atoms with Gasteiger partial charge in [0, 0.05) is 42.0 Å². The number of nitrogens with one attached hydrogen (secondary N) is 2. The maximum atomic E-state index is 11.8. The van der Waals surface area contributed by atoms with Crippen LogP contribution in [0, 0.1) is 13.8 Å². The van der Waals surface area contributed by atoms with Gasteiger partial charge in [-0.1, -0.05) is 12.6 Å². The second kappa shape index (κ2) is 10.0. The first-order valence-electron chi connectivity index (χ1n) is 10.5. The fraction of sp³-hybridized carbons (Fsp3) is 0.292. The van der Waals surface area contributed by atoms with Gasteiger partial charge in [0.25, 0.3) is 0 Å². The highest BCUT2D eigenvalue weighted by Crippen LogP contribution is 2.29. The van der Waals surface area contributed by atoms with Gasteiger partial charge in [-0.2, -0.15) is 0 Å². The third kappa shape index (κ3) is 5.59. The van der Waals surface area contributed by atoms with Crippen LogP contribution >= 0.6 is 11.3 Å². The number of rotatable bonds is 7. The number of nitrogens with zero attached hydrogens (tertiary/aromatic N) is 3. The molecule has 0 radical (unpaired) electrons. The van der Waals surface area contributed by atoms with Gasteiger partial charge < -0.3 is 15.4 Å². The van der Waals surface area contributed by atoms with E-state index < -0.39 is 0 Å². The van der Waals surface area contributed by atoms with Crippen LogP contribution in [0.2, 0.25) is 0 Å². The number of pyridine rings is 1. The second-order valence-corrected chi connectivity index (χ2v) is 8.99. The van der Waals surface area contributed by atoms with Gasteiger partial charge in [-0.15, -0.1) is 11.3 Å². The predicted octanol–water partition coefficient (Wildman–Crippen LogP) is 4.52. The van der Waals surface area contributed by atoms with E-state index in [1.165, 1.54) is 6.08 Å². The van der Waals surface area contributed by atoms with Crippen LogP contribution in [0.5, 0.6) is 0 Å². The lowest BCUT2D eigenvalue weighted by atomic mass is 10.0. The van der Waals surface area contributed by atoms with Crippen molar-refractivity contribution in [3.8, 4) is 11.3 Å². The number of ether oxygens (including phenoxy) is 1. The molecule has 1 aromatic carbocycles. The smallest absolute Gasteiger partial charge is 0.247 e. The van der Waals surface area contributed by atoms with E-state index in [4.69, 9.17) is 9.72 Å². The van der Waals surface area contributed by atoms with E-state index in [1.807, 2.05) is 38.2 Å². The molecule has 1 saturated heterocycles. The summed E-state index contributed by atoms with van der Waals surface area (Å²) in [5.41, 5.74) is 4.76. The SMILES string of the molecule is C=CC(=O)Nc1ccc(C)c(-c2cc(CN3CCOCC3)cc(Nc3ncc(C)s3)n2)c1. The predicted molar refractivity (Wildman–Crippen MR) is 129 cm³/mol. The molecule has 2 aromatic heterocycles. The fourth-order valence-electron chi connectivity index (χ4n) is 3.59. The van der Waals surface area contributed by atoms with E-state index in [-0.39, 0.29) is 5.91 Å². The minimum absolute atomic E-state index is 0.240. The number of benzene rings is 1. The van der Waals surface area contributed by atoms with Crippen molar-refractivity contribution in [1.29, 1.82) is 0 Å². The maximum absolute atomic E-state index is 11.8. The number of hydrogen-bond acceptors (Lipinski definition) is 7. The Bertz CT molecular complexity index is 1120. The average Bonchev–Trinajstić information content (AvgIpc) is 3.20. The zero-order valence-corrected chi connectivity index (χ0v) is 19.2. The van der Waals surface area contributed by atoms with Gasteiger partial charge in [0.15, 0.2) is 5.13 Å². The Balaban J connectivity index is 1.70. The van der Waals surface area contributed by atoms with Crippen LogP contribution in [0.4, 0.5) is 16.6 Å². The minimum Gasteiger partial charge on any atom is -0.379 e. The summed E-state index contributed by atoms with van der Waals surface area (Å²) in [5.74, 6) is 0.510. The standard InChI is InChI=1S/C24H27N5O2S/c1-4-23(30)26-19-6-5-16(2)20(13-19)21-11-18(15-29-7-9-31-10-8-29)12-22(27-21)28-24-25-14-17(3)32-24/h4-6,11-14H,1,7-10,15H2,2-3H3,(H,26,30)(H,25,27,28). The molecule has 3 aromatic rings. The maximum Gasteiger partial charge on any atom is 0.247 e. The molecule has 4 rings (SSSR count). The number of morpholine rings is 1. The molecular weight excluding hydrogens is 422 g/mol. The molecule has 1 aliphatic heterocycles. The molecule has 1 aliphatic rings. The molecule has 2 N–H and O–H groups in total. The summed E-state index contributed by atoms with van der Waals surface area (Å²) in [5, 5.41) is 7.01. The summed E-state index contributed by atoms with van der Waals surface area (Å²) in [6, 6.07) is 10.0. The van der Waals surface area contributed by atoms with Crippen molar-refractivity contribution in [3.05, 3.63) is 65.2 Å². The Morgan fingerprint density at radius 1 is 1.25 bits per heavy atom. The molecule has 0 saturated carbocycles. The van der Waals surface area contributed by atoms with Gasteiger partial charge in [0.1, 0.15) is 5.82 Å². The number of carbonyl (C=O) groups is 1. The molecular formula is C24H27N5O2S. The largest absolute Gasteiger partial charge is 0.379 e. The zero-order valence-electron chi connectivity index (χ0n) is 18.4. The van der Waals surface area contributed by atoms with Crippen molar-refractivity contribution >= 4 is 33.9 Å². The van der Waals surface area contributed by atoms with Crippen LogP contribution in [0.15, 0.2) is 49.2 Å². The van der Waals surface area contributed by atoms with Gasteiger partial charge >= 0.3 is 0 Å². The number of aromatic nitrogens is 2. The number of carbonyl (C=O) groups excluding carboxylic acids is 1. The Labute approximate surface area is 192 Å². The second-order valence-electron chi connectivity index (χ2n) is 7.76. The number of aryl methyl sites for hydroxylation is 2. The molecule has 7 nitrogen and oxygen atoms in total. The lowest BCUT2D eigenvalue weighted by Gasteiger charge is -2.27. The first-order valence-corrected chi connectivity index (χ1v) is 11.4. The Hall–Kier alpha value is -3.07. The summed E-state index contributed by atoms with van der Waals surface area (Å²) in [6.07, 6.45) is 3.11. The Kier molecular flexibility index (Phi) is 6.94. The lowest BCUT2D eigenvalue weighted by Crippen LogP contribution is -2.35. The topological polar surface area (TPSA) is 79.4 Å². The van der Waals surface area contributed by atoms with Gasteiger partial charge in [-0.25, -0.2) is 9.97 Å². The summed E-state index contributed by atoms with van der Waals surface area (Å²) in [6.45, 7) is 11.7. The zero-order chi connectivity index (χ0) is 22.5. The number of amides is 1. The quantitative estimate of drug-likeness (QED) is 0.516. The molecule has 0 bridgehead atoms. The van der Waals surface area contributed by atoms with Crippen molar-refractivity contribution in [2.45, 2.75) is 20.4 Å². The van der Waals surface area contributed by atoms with Crippen LogP contribution in [0.3, 0.4) is 0 Å². The van der Waals surface area contributed by atoms with Crippen LogP contribution in [-0.2, 0) is 16.1 Å². The summed E-state index contributed by atoms with van der Waals surface area (Å²) in [4.78, 5) is 24.6. The molecule has 3 heterocycles.